The number of ether oxygens (including phenoxy) is 1. The van der Waals surface area contributed by atoms with Gasteiger partial charge in [-0.1, -0.05) is 13.8 Å². The van der Waals surface area contributed by atoms with Gasteiger partial charge in [0, 0.05) is 12.5 Å². The molecule has 0 saturated carbocycles. The predicted molar refractivity (Wildman–Crippen MR) is 96.6 cm³/mol. The van der Waals surface area contributed by atoms with E-state index in [4.69, 9.17) is 4.74 Å². The van der Waals surface area contributed by atoms with E-state index in [2.05, 4.69) is 33.5 Å². The van der Waals surface area contributed by atoms with Crippen molar-refractivity contribution in [1.29, 1.82) is 0 Å². The molecule has 0 aliphatic carbocycles. The van der Waals surface area contributed by atoms with Gasteiger partial charge in [0.2, 0.25) is 15.9 Å². The summed E-state index contributed by atoms with van der Waals surface area (Å²) in [4.78, 5) is 13.6. The van der Waals surface area contributed by atoms with Gasteiger partial charge in [-0.05, 0) is 18.9 Å². The number of methoxy groups -OCH3 is 1. The van der Waals surface area contributed by atoms with Gasteiger partial charge >= 0.3 is 0 Å². The van der Waals surface area contributed by atoms with Crippen LogP contribution in [0.4, 0.5) is 5.82 Å². The summed E-state index contributed by atoms with van der Waals surface area (Å²) in [5.41, 5.74) is 2.45. The van der Waals surface area contributed by atoms with E-state index < -0.39 is 10.0 Å². The summed E-state index contributed by atoms with van der Waals surface area (Å²) < 4.78 is 33.1. The molecule has 3 heterocycles. The van der Waals surface area contributed by atoms with Crippen LogP contribution in [0.15, 0.2) is 12.1 Å². The zero-order valence-corrected chi connectivity index (χ0v) is 15.7. The Morgan fingerprint density at radius 1 is 1.24 bits per heavy atom. The fraction of sp³-hybridized carbons (Fsp3) is 0.438. The fourth-order valence-electron chi connectivity index (χ4n) is 2.80. The number of fused-ring (bicyclic) bond motifs is 3. The molecule has 0 atom stereocenters. The van der Waals surface area contributed by atoms with E-state index in [-0.39, 0.29) is 5.82 Å². The number of aromatic nitrogens is 4. The molecule has 1 N–H and O–H groups in total. The molecular weight excluding hydrogens is 342 g/mol. The Kier molecular flexibility index (Phi) is 4.28. The Bertz CT molecular complexity index is 1060. The van der Waals surface area contributed by atoms with E-state index in [0.717, 1.165) is 18.5 Å². The third kappa shape index (κ3) is 3.37. The van der Waals surface area contributed by atoms with Crippen molar-refractivity contribution < 1.29 is 13.2 Å². The lowest BCUT2D eigenvalue weighted by Crippen LogP contribution is -2.13. The molecule has 3 aromatic heterocycles. The second kappa shape index (κ2) is 6.14. The number of sulfonamides is 1. The highest BCUT2D eigenvalue weighted by Crippen LogP contribution is 2.28. The summed E-state index contributed by atoms with van der Waals surface area (Å²) >= 11 is 0. The minimum absolute atomic E-state index is 0.252. The molecule has 0 saturated heterocycles. The highest BCUT2D eigenvalue weighted by atomic mass is 32.2. The summed E-state index contributed by atoms with van der Waals surface area (Å²) in [6.07, 6.45) is 1.83. The Balaban J connectivity index is 2.43. The van der Waals surface area contributed by atoms with Gasteiger partial charge in [-0.25, -0.2) is 18.4 Å². The maximum absolute atomic E-state index is 11.8. The van der Waals surface area contributed by atoms with E-state index in [1.807, 2.05) is 11.3 Å². The van der Waals surface area contributed by atoms with Crippen molar-refractivity contribution in [2.45, 2.75) is 27.2 Å². The first kappa shape index (κ1) is 17.4. The number of pyridine rings is 1. The third-order valence-electron chi connectivity index (χ3n) is 3.70. The molecule has 0 aromatic carbocycles. The van der Waals surface area contributed by atoms with Gasteiger partial charge in [0.15, 0.2) is 11.5 Å². The molecule has 3 aromatic rings. The van der Waals surface area contributed by atoms with E-state index in [9.17, 15) is 8.42 Å². The summed E-state index contributed by atoms with van der Waals surface area (Å²) in [5.74, 6) is 1.90. The van der Waals surface area contributed by atoms with Crippen LogP contribution in [-0.2, 0) is 16.4 Å². The van der Waals surface area contributed by atoms with Crippen LogP contribution in [0.5, 0.6) is 5.88 Å². The van der Waals surface area contributed by atoms with Crippen LogP contribution in [0.25, 0.3) is 16.7 Å². The minimum Gasteiger partial charge on any atom is -0.481 e. The number of nitrogens with zero attached hydrogens (tertiary/aromatic N) is 4. The van der Waals surface area contributed by atoms with Gasteiger partial charge in [-0.2, -0.15) is 4.98 Å². The minimum atomic E-state index is -3.48. The molecule has 25 heavy (non-hydrogen) atoms. The predicted octanol–water partition coefficient (Wildman–Crippen LogP) is 2.16. The number of hydrogen-bond donors (Lipinski definition) is 1. The zero-order chi connectivity index (χ0) is 18.4. The molecule has 8 nitrogen and oxygen atoms in total. The molecule has 0 bridgehead atoms. The summed E-state index contributed by atoms with van der Waals surface area (Å²) in [5, 5.41) is 0. The van der Waals surface area contributed by atoms with Gasteiger partial charge < -0.3 is 4.74 Å². The van der Waals surface area contributed by atoms with E-state index in [0.29, 0.717) is 34.2 Å². The summed E-state index contributed by atoms with van der Waals surface area (Å²) in [7, 11) is -1.93. The molecular formula is C16H21N5O3S. The lowest BCUT2D eigenvalue weighted by atomic mass is 10.1. The van der Waals surface area contributed by atoms with Crippen molar-refractivity contribution in [2.75, 3.05) is 18.1 Å². The highest BCUT2D eigenvalue weighted by molar-refractivity contribution is 7.92. The smallest absolute Gasteiger partial charge is 0.231 e. The maximum Gasteiger partial charge on any atom is 0.231 e. The van der Waals surface area contributed by atoms with Crippen LogP contribution in [0, 0.1) is 12.8 Å². The SMILES string of the molecule is COc1ccc2nc(NS(C)(=O)=O)c3c(C)nc(CC(C)C)n3c2n1. The molecule has 0 spiro atoms. The van der Waals surface area contributed by atoms with Gasteiger partial charge in [0.1, 0.15) is 16.9 Å². The third-order valence-corrected chi connectivity index (χ3v) is 4.26. The van der Waals surface area contributed by atoms with Crippen LogP contribution in [0.2, 0.25) is 0 Å². The molecule has 3 rings (SSSR count). The van der Waals surface area contributed by atoms with Crippen molar-refractivity contribution >= 4 is 32.5 Å². The number of anilines is 1. The average molecular weight is 363 g/mol. The van der Waals surface area contributed by atoms with Crippen molar-refractivity contribution in [3.63, 3.8) is 0 Å². The van der Waals surface area contributed by atoms with Crippen molar-refractivity contribution in [3.05, 3.63) is 23.7 Å². The number of hydrogen-bond acceptors (Lipinski definition) is 6. The highest BCUT2D eigenvalue weighted by Gasteiger charge is 2.20. The second-order valence-corrected chi connectivity index (χ2v) is 8.17. The van der Waals surface area contributed by atoms with Gasteiger partial charge in [-0.15, -0.1) is 0 Å². The van der Waals surface area contributed by atoms with Crippen molar-refractivity contribution in [1.82, 2.24) is 19.4 Å². The lowest BCUT2D eigenvalue weighted by molar-refractivity contribution is 0.399. The first-order valence-electron chi connectivity index (χ1n) is 7.90. The number of imidazole rings is 1. The number of rotatable bonds is 5. The van der Waals surface area contributed by atoms with Gasteiger partial charge in [0.05, 0.1) is 19.1 Å². The van der Waals surface area contributed by atoms with E-state index >= 15 is 0 Å². The van der Waals surface area contributed by atoms with Gasteiger partial charge in [0.25, 0.3) is 0 Å². The number of nitrogens with one attached hydrogen (secondary N) is 1. The molecule has 0 aliphatic heterocycles. The Morgan fingerprint density at radius 2 is 1.96 bits per heavy atom. The fourth-order valence-corrected chi connectivity index (χ4v) is 3.30. The van der Waals surface area contributed by atoms with Crippen LogP contribution in [0.1, 0.15) is 25.4 Å². The first-order chi connectivity index (χ1) is 11.7. The molecule has 0 fully saturated rings. The Hall–Kier alpha value is -2.42. The maximum atomic E-state index is 11.8. The van der Waals surface area contributed by atoms with E-state index in [1.54, 1.807) is 19.2 Å². The normalized spacial score (nSPS) is 12.2. The standard InChI is InChI=1S/C16H21N5O3S/c1-9(2)8-12-17-10(3)14-15(20-25(5,22)23)18-11-6-7-13(24-4)19-16(11)21(12)14/h6-7,9H,8H2,1-5H3,(H,18,20). The van der Waals surface area contributed by atoms with Crippen molar-refractivity contribution in [3.8, 4) is 5.88 Å². The second-order valence-electron chi connectivity index (χ2n) is 6.43. The lowest BCUT2D eigenvalue weighted by Gasteiger charge is -2.12. The van der Waals surface area contributed by atoms with Crippen LogP contribution < -0.4 is 9.46 Å². The Morgan fingerprint density at radius 3 is 2.56 bits per heavy atom. The quantitative estimate of drug-likeness (QED) is 0.746. The molecule has 0 amide bonds. The largest absolute Gasteiger partial charge is 0.481 e. The van der Waals surface area contributed by atoms with Crippen LogP contribution in [-0.4, -0.2) is 41.1 Å². The molecule has 0 aliphatic rings. The van der Waals surface area contributed by atoms with Crippen LogP contribution >= 0.6 is 0 Å². The van der Waals surface area contributed by atoms with Gasteiger partial charge in [-0.3, -0.25) is 9.12 Å². The van der Waals surface area contributed by atoms with E-state index in [1.165, 1.54) is 0 Å². The Labute approximate surface area is 146 Å². The monoisotopic (exact) mass is 363 g/mol. The topological polar surface area (TPSA) is 98.5 Å². The first-order valence-corrected chi connectivity index (χ1v) is 9.79. The average Bonchev–Trinajstić information content (AvgIpc) is 2.82. The van der Waals surface area contributed by atoms with Crippen LogP contribution in [0.3, 0.4) is 0 Å². The zero-order valence-electron chi connectivity index (χ0n) is 14.9. The molecule has 9 heteroatoms. The molecule has 0 unspecified atom stereocenters. The molecule has 134 valence electrons. The van der Waals surface area contributed by atoms with Crippen molar-refractivity contribution in [2.24, 2.45) is 5.92 Å². The summed E-state index contributed by atoms with van der Waals surface area (Å²) in [6.45, 7) is 6.03. The summed E-state index contributed by atoms with van der Waals surface area (Å²) in [6, 6.07) is 3.44. The number of aryl methyl sites for hydroxylation is 1. The molecule has 0 radical (unpaired) electrons.